The lowest BCUT2D eigenvalue weighted by Crippen LogP contribution is -2.17. The molecular weight excluding hydrogens is 210 g/mol. The zero-order chi connectivity index (χ0) is 11.7. The fourth-order valence-corrected chi connectivity index (χ4v) is 1.25. The minimum atomic E-state index is -0.403. The summed E-state index contributed by atoms with van der Waals surface area (Å²) < 4.78 is 0. The lowest BCUT2D eigenvalue weighted by Gasteiger charge is -2.02. The molecule has 2 rings (SSSR count). The highest BCUT2D eigenvalue weighted by Gasteiger charge is 2.06. The monoisotopic (exact) mass is 219 g/mol. The van der Waals surface area contributed by atoms with E-state index in [0.29, 0.717) is 11.3 Å². The number of fused-ring (bicyclic) bond motifs is 1. The fraction of sp³-hybridized carbons (Fsp3) is 0.222. The van der Waals surface area contributed by atoms with Crippen LogP contribution in [0.4, 0.5) is 5.95 Å². The van der Waals surface area contributed by atoms with E-state index < -0.39 is 5.56 Å². The van der Waals surface area contributed by atoms with Crippen molar-refractivity contribution in [1.82, 2.24) is 19.9 Å². The number of carbonyl (C=O) groups excluding carboxylic acids is 1. The molecule has 2 aromatic heterocycles. The lowest BCUT2D eigenvalue weighted by atomic mass is 10.4. The molecule has 0 saturated carbocycles. The third-order valence-electron chi connectivity index (χ3n) is 1.86. The second kappa shape index (κ2) is 3.69. The van der Waals surface area contributed by atoms with Gasteiger partial charge in [-0.15, -0.1) is 0 Å². The number of anilines is 1. The topological polar surface area (TPSA) is 101 Å². The van der Waals surface area contributed by atoms with Crippen LogP contribution in [0.2, 0.25) is 0 Å². The van der Waals surface area contributed by atoms with E-state index in [0.717, 1.165) is 0 Å². The summed E-state index contributed by atoms with van der Waals surface area (Å²) >= 11 is 0. The van der Waals surface area contributed by atoms with E-state index >= 15 is 0 Å². The molecule has 0 aliphatic rings. The van der Waals surface area contributed by atoms with Gasteiger partial charge in [0, 0.05) is 6.92 Å². The number of rotatable bonds is 1. The van der Waals surface area contributed by atoms with Crippen molar-refractivity contribution in [3.8, 4) is 0 Å². The molecule has 0 fully saturated rings. The van der Waals surface area contributed by atoms with Crippen molar-refractivity contribution in [3.05, 3.63) is 22.4 Å². The zero-order valence-corrected chi connectivity index (χ0v) is 8.74. The molecule has 0 aromatic carbocycles. The minimum absolute atomic E-state index is 0.0949. The molecule has 0 atom stereocenters. The van der Waals surface area contributed by atoms with Crippen molar-refractivity contribution < 1.29 is 4.79 Å². The largest absolute Gasteiger partial charge is 0.296 e. The average molecular weight is 219 g/mol. The Hall–Kier alpha value is -2.31. The van der Waals surface area contributed by atoms with Gasteiger partial charge in [-0.05, 0) is 6.92 Å². The number of aromatic amines is 1. The summed E-state index contributed by atoms with van der Waals surface area (Å²) in [6, 6.07) is 0. The van der Waals surface area contributed by atoms with E-state index in [-0.39, 0.29) is 17.4 Å². The number of amides is 1. The molecule has 0 aliphatic heterocycles. The molecule has 0 radical (unpaired) electrons. The Morgan fingerprint density at radius 1 is 1.44 bits per heavy atom. The van der Waals surface area contributed by atoms with E-state index in [9.17, 15) is 9.59 Å². The second-order valence-corrected chi connectivity index (χ2v) is 3.25. The Morgan fingerprint density at radius 2 is 2.19 bits per heavy atom. The summed E-state index contributed by atoms with van der Waals surface area (Å²) in [5, 5.41) is 2.39. The Morgan fingerprint density at radius 3 is 2.88 bits per heavy atom. The van der Waals surface area contributed by atoms with Gasteiger partial charge in [0.15, 0.2) is 5.52 Å². The number of H-pyrrole nitrogens is 1. The second-order valence-electron chi connectivity index (χ2n) is 3.25. The highest BCUT2D eigenvalue weighted by atomic mass is 16.1. The zero-order valence-electron chi connectivity index (χ0n) is 8.74. The SMILES string of the molecule is CC(=O)Nc1nc2cnc(C)nc2c(=O)[nH]1. The number of nitrogens with one attached hydrogen (secondary N) is 2. The van der Waals surface area contributed by atoms with Gasteiger partial charge in [0.1, 0.15) is 11.3 Å². The Bertz CT molecular complexity index is 619. The van der Waals surface area contributed by atoms with Crippen molar-refractivity contribution in [1.29, 1.82) is 0 Å². The summed E-state index contributed by atoms with van der Waals surface area (Å²) in [5.41, 5.74) is 0.152. The minimum Gasteiger partial charge on any atom is -0.296 e. The highest BCUT2D eigenvalue weighted by Crippen LogP contribution is 2.04. The number of carbonyl (C=O) groups is 1. The smallest absolute Gasteiger partial charge is 0.278 e. The van der Waals surface area contributed by atoms with Crippen LogP contribution in [-0.2, 0) is 4.79 Å². The van der Waals surface area contributed by atoms with Gasteiger partial charge in [-0.25, -0.2) is 15.0 Å². The van der Waals surface area contributed by atoms with Gasteiger partial charge in [-0.2, -0.15) is 0 Å². The Labute approximate surface area is 90.0 Å². The Balaban J connectivity index is 2.64. The number of aromatic nitrogens is 4. The van der Waals surface area contributed by atoms with Gasteiger partial charge < -0.3 is 0 Å². The third kappa shape index (κ3) is 1.88. The number of hydrogen-bond donors (Lipinski definition) is 2. The first-order chi connectivity index (χ1) is 7.56. The van der Waals surface area contributed by atoms with Gasteiger partial charge in [0.05, 0.1) is 6.20 Å². The molecule has 16 heavy (non-hydrogen) atoms. The van der Waals surface area contributed by atoms with Crippen LogP contribution in [0.25, 0.3) is 11.0 Å². The molecule has 1 amide bonds. The molecule has 0 aliphatic carbocycles. The van der Waals surface area contributed by atoms with Gasteiger partial charge in [-0.3, -0.25) is 19.9 Å². The molecule has 0 unspecified atom stereocenters. The van der Waals surface area contributed by atoms with E-state index in [4.69, 9.17) is 0 Å². The lowest BCUT2D eigenvalue weighted by molar-refractivity contribution is -0.114. The maximum atomic E-state index is 11.6. The average Bonchev–Trinajstić information content (AvgIpc) is 2.18. The van der Waals surface area contributed by atoms with Gasteiger partial charge >= 0.3 is 0 Å². The van der Waals surface area contributed by atoms with Crippen molar-refractivity contribution >= 4 is 22.9 Å². The maximum Gasteiger partial charge on any atom is 0.278 e. The van der Waals surface area contributed by atoms with Crippen molar-refractivity contribution in [2.24, 2.45) is 0 Å². The molecule has 0 saturated heterocycles. The predicted octanol–water partition coefficient (Wildman–Crippen LogP) is -0.0201. The molecule has 7 heteroatoms. The van der Waals surface area contributed by atoms with Gasteiger partial charge in [0.2, 0.25) is 11.9 Å². The number of nitrogens with zero attached hydrogens (tertiary/aromatic N) is 3. The van der Waals surface area contributed by atoms with Crippen LogP contribution in [0.5, 0.6) is 0 Å². The van der Waals surface area contributed by atoms with E-state index in [2.05, 4.69) is 25.3 Å². The van der Waals surface area contributed by atoms with Crippen LogP contribution in [0, 0.1) is 6.92 Å². The summed E-state index contributed by atoms with van der Waals surface area (Å²) in [4.78, 5) is 36.7. The van der Waals surface area contributed by atoms with Crippen LogP contribution in [0.3, 0.4) is 0 Å². The van der Waals surface area contributed by atoms with Crippen LogP contribution >= 0.6 is 0 Å². The van der Waals surface area contributed by atoms with Gasteiger partial charge in [0.25, 0.3) is 5.56 Å². The van der Waals surface area contributed by atoms with Crippen molar-refractivity contribution in [2.75, 3.05) is 5.32 Å². The summed E-state index contributed by atoms with van der Waals surface area (Å²) in [6.07, 6.45) is 1.44. The maximum absolute atomic E-state index is 11.6. The Kier molecular flexibility index (Phi) is 2.35. The predicted molar refractivity (Wildman–Crippen MR) is 57.0 cm³/mol. The van der Waals surface area contributed by atoms with E-state index in [1.165, 1.54) is 13.1 Å². The number of aryl methyl sites for hydroxylation is 1. The molecule has 82 valence electrons. The molecule has 0 bridgehead atoms. The van der Waals surface area contributed by atoms with Gasteiger partial charge in [-0.1, -0.05) is 0 Å². The highest BCUT2D eigenvalue weighted by molar-refractivity contribution is 5.87. The fourth-order valence-electron chi connectivity index (χ4n) is 1.25. The first kappa shape index (κ1) is 10.2. The molecular formula is C9H9N5O2. The molecule has 2 heterocycles. The standard InChI is InChI=1S/C9H9N5O2/c1-4-10-3-6-7(11-4)8(16)14-9(13-6)12-5(2)15/h3H,1-2H3,(H2,12,13,14,15,16). The quantitative estimate of drug-likeness (QED) is 0.701. The summed E-state index contributed by atoms with van der Waals surface area (Å²) in [5.74, 6) is 0.278. The third-order valence-corrected chi connectivity index (χ3v) is 1.86. The van der Waals surface area contributed by atoms with E-state index in [1.54, 1.807) is 6.92 Å². The molecule has 2 aromatic rings. The first-order valence-corrected chi connectivity index (χ1v) is 4.57. The number of hydrogen-bond acceptors (Lipinski definition) is 5. The molecule has 7 nitrogen and oxygen atoms in total. The molecule has 0 spiro atoms. The summed E-state index contributed by atoms with van der Waals surface area (Å²) in [7, 11) is 0. The van der Waals surface area contributed by atoms with Crippen LogP contribution in [0.15, 0.2) is 11.0 Å². The first-order valence-electron chi connectivity index (χ1n) is 4.57. The molecule has 2 N–H and O–H groups in total. The van der Waals surface area contributed by atoms with Crippen LogP contribution in [-0.4, -0.2) is 25.8 Å². The summed E-state index contributed by atoms with van der Waals surface area (Å²) in [6.45, 7) is 3.01. The van der Waals surface area contributed by atoms with Crippen LogP contribution in [0.1, 0.15) is 12.7 Å². The normalized spacial score (nSPS) is 10.4. The van der Waals surface area contributed by atoms with Crippen molar-refractivity contribution in [2.45, 2.75) is 13.8 Å². The van der Waals surface area contributed by atoms with Crippen molar-refractivity contribution in [3.63, 3.8) is 0 Å². The van der Waals surface area contributed by atoms with Crippen LogP contribution < -0.4 is 10.9 Å². The van der Waals surface area contributed by atoms with E-state index in [1.807, 2.05) is 0 Å².